The molecule has 0 spiro atoms. The van der Waals surface area contributed by atoms with Crippen molar-refractivity contribution < 1.29 is 105 Å². The second-order valence-electron chi connectivity index (χ2n) is 38.7. The van der Waals surface area contributed by atoms with E-state index in [0.717, 1.165) is 130 Å². The molecule has 9 aliphatic rings. The van der Waals surface area contributed by atoms with Crippen LogP contribution in [0.25, 0.3) is 0 Å². The van der Waals surface area contributed by atoms with Gasteiger partial charge >= 0.3 is 48.1 Å². The summed E-state index contributed by atoms with van der Waals surface area (Å²) in [5.41, 5.74) is 4.01. The van der Waals surface area contributed by atoms with Crippen LogP contribution < -0.4 is 95.8 Å². The van der Waals surface area contributed by atoms with E-state index in [-0.39, 0.29) is 77.3 Å². The predicted molar refractivity (Wildman–Crippen MR) is 560 cm³/mol. The highest BCUT2D eigenvalue weighted by molar-refractivity contribution is 6.01. The summed E-state index contributed by atoms with van der Waals surface area (Å²) < 4.78 is 69.3. The first-order chi connectivity index (χ1) is 72.5. The molecule has 43 nitrogen and oxygen atoms in total. The number of carboxylic acids is 2. The molecule has 6 aromatic carbocycles. The van der Waals surface area contributed by atoms with Crippen LogP contribution in [-0.4, -0.2) is 248 Å². The minimum Gasteiger partial charge on any atom is -0.494 e. The number of methoxy groups -OCH3 is 1. The van der Waals surface area contributed by atoms with Gasteiger partial charge in [-0.1, -0.05) is 36.4 Å². The predicted octanol–water partition coefficient (Wildman–Crippen LogP) is 15.8. The number of aliphatic carboxylic acids is 2. The molecule has 12 heterocycles. The average molecular weight is 2070 g/mol. The van der Waals surface area contributed by atoms with Gasteiger partial charge < -0.3 is 130 Å². The number of fused-ring (bicyclic) bond motifs is 30. The van der Waals surface area contributed by atoms with Crippen LogP contribution in [0.2, 0.25) is 0 Å². The summed E-state index contributed by atoms with van der Waals surface area (Å²) in [6.07, 6.45) is 13.5. The number of nitrogens with one attached hydrogen (secondary N) is 10. The molecule has 18 bridgehead atoms. The van der Waals surface area contributed by atoms with Crippen molar-refractivity contribution in [3.8, 4) is 52.5 Å². The van der Waals surface area contributed by atoms with Crippen molar-refractivity contribution in [2.24, 2.45) is 17.8 Å². The van der Waals surface area contributed by atoms with Crippen LogP contribution in [0.5, 0.6) is 52.5 Å². The number of likely N-dealkylation sites (tertiary alicyclic amines) is 2. The number of hydrogen-bond acceptors (Lipinski definition) is 36. The van der Waals surface area contributed by atoms with Crippen molar-refractivity contribution in [3.63, 3.8) is 0 Å². The number of aromatic nitrogens is 9. The van der Waals surface area contributed by atoms with E-state index in [1.807, 2.05) is 93.6 Å². The lowest BCUT2D eigenvalue weighted by Gasteiger charge is -2.36. The van der Waals surface area contributed by atoms with Crippen molar-refractivity contribution >= 4 is 101 Å². The smallest absolute Gasteiger partial charge is 0.410 e. The van der Waals surface area contributed by atoms with Crippen molar-refractivity contribution in [2.45, 2.75) is 227 Å². The summed E-state index contributed by atoms with van der Waals surface area (Å²) >= 11 is 0. The van der Waals surface area contributed by atoms with E-state index in [2.05, 4.69) is 98.0 Å². The fourth-order valence-electron chi connectivity index (χ4n) is 17.2. The van der Waals surface area contributed by atoms with E-state index < -0.39 is 89.0 Å². The molecule has 12 N–H and O–H groups in total. The molecular weight excluding hydrogens is 1930 g/mol. The Kier molecular flexibility index (Phi) is 41.9. The van der Waals surface area contributed by atoms with Crippen molar-refractivity contribution in [2.75, 3.05) is 138 Å². The monoisotopic (exact) mass is 2070 g/mol. The number of carboxylic acid groups (broad SMARTS) is 2. The third kappa shape index (κ3) is 35.5. The Labute approximate surface area is 873 Å². The molecule has 5 amide bonds. The SMILES string of the molecule is CCOc1nc2nc(n1)Nc1ccc(C(=O)NC(C(=O)O)C3CCCN(C(=O)OC(C)(C)C)C3)c(c1)OCCCCCCOc1ccc(cc1)CN2.CCOc1nc2nc(n1)Nc1ccc(C(=O)NC(C(=O)O)C3CCCNC3)c(c1)OCCCCCCOc1ccc(cc1)CN2.CCOc1nc2nc(n1)Nc1ccc(C(=O)NC(C(=O)OC)C3CCCN(C(=O)OC(C)(C)C)C3)c(c1)OCCCCCCOc1ccc(cc1)CN2. The molecule has 3 saturated heterocycles. The largest absolute Gasteiger partial charge is 0.494 e. The molecule has 806 valence electrons. The van der Waals surface area contributed by atoms with E-state index in [1.165, 1.54) is 12.0 Å². The average Bonchev–Trinajstić information content (AvgIpc) is 0.883. The number of anilines is 9. The molecule has 6 atom stereocenters. The van der Waals surface area contributed by atoms with E-state index in [1.54, 1.807) is 101 Å². The summed E-state index contributed by atoms with van der Waals surface area (Å²) in [5, 5.41) is 50.9. The number of benzene rings is 6. The molecule has 18 rings (SSSR count). The van der Waals surface area contributed by atoms with E-state index in [9.17, 15) is 48.6 Å². The quantitative estimate of drug-likeness (QED) is 0.0280. The molecule has 3 aromatic heterocycles. The summed E-state index contributed by atoms with van der Waals surface area (Å²) in [4.78, 5) is 148. The zero-order valence-electron chi connectivity index (χ0n) is 87.0. The molecule has 43 heteroatoms. The summed E-state index contributed by atoms with van der Waals surface area (Å²) in [6, 6.07) is 35.7. The van der Waals surface area contributed by atoms with Gasteiger partial charge in [0.15, 0.2) is 0 Å². The third-order valence-electron chi connectivity index (χ3n) is 24.7. The number of hydrogen-bond donors (Lipinski definition) is 12. The Balaban J connectivity index is 0.000000188. The van der Waals surface area contributed by atoms with Gasteiger partial charge in [0.1, 0.15) is 63.8 Å². The van der Waals surface area contributed by atoms with E-state index in [0.29, 0.717) is 171 Å². The zero-order valence-corrected chi connectivity index (χ0v) is 87.0. The van der Waals surface area contributed by atoms with E-state index in [4.69, 9.17) is 56.8 Å². The lowest BCUT2D eigenvalue weighted by atomic mass is 9.90. The zero-order chi connectivity index (χ0) is 106. The topological polar surface area (TPSA) is 531 Å². The number of carbonyl (C=O) groups excluding carboxylic acids is 6. The van der Waals surface area contributed by atoms with Gasteiger partial charge in [0, 0.05) is 105 Å². The van der Waals surface area contributed by atoms with Crippen LogP contribution in [0.1, 0.15) is 226 Å². The molecule has 0 aliphatic carbocycles. The van der Waals surface area contributed by atoms with Crippen molar-refractivity contribution in [1.82, 2.24) is 75.9 Å². The Morgan fingerprint density at radius 3 is 0.993 bits per heavy atom. The van der Waals surface area contributed by atoms with Gasteiger partial charge in [-0.15, -0.1) is 0 Å². The maximum absolute atomic E-state index is 14.0. The number of ether oxygens (including phenoxy) is 12. The van der Waals surface area contributed by atoms with Gasteiger partial charge in [0.05, 0.1) is 83.3 Å². The summed E-state index contributed by atoms with van der Waals surface area (Å²) in [6.45, 7) is 24.3. The summed E-state index contributed by atoms with van der Waals surface area (Å²) in [7, 11) is 1.28. The van der Waals surface area contributed by atoms with Gasteiger partial charge in [-0.05, 0) is 274 Å². The third-order valence-corrected chi connectivity index (χ3v) is 24.7. The minimum atomic E-state index is -1.24. The van der Waals surface area contributed by atoms with Gasteiger partial charge in [-0.3, -0.25) is 14.4 Å². The maximum Gasteiger partial charge on any atom is 0.410 e. The first-order valence-corrected chi connectivity index (χ1v) is 51.7. The molecule has 6 unspecified atom stereocenters. The second-order valence-corrected chi connectivity index (χ2v) is 38.7. The van der Waals surface area contributed by atoms with Crippen LogP contribution in [0.4, 0.5) is 62.3 Å². The number of esters is 1. The molecule has 0 saturated carbocycles. The van der Waals surface area contributed by atoms with E-state index >= 15 is 0 Å². The lowest BCUT2D eigenvalue weighted by Crippen LogP contribution is -2.53. The highest BCUT2D eigenvalue weighted by atomic mass is 16.6. The fourth-order valence-corrected chi connectivity index (χ4v) is 17.2. The summed E-state index contributed by atoms with van der Waals surface area (Å²) in [5.74, 6) is -0.683. The van der Waals surface area contributed by atoms with Crippen molar-refractivity contribution in [3.05, 3.63) is 161 Å². The number of carbonyl (C=O) groups is 8. The highest BCUT2D eigenvalue weighted by Gasteiger charge is 2.40. The normalized spacial score (nSPS) is 17.6. The van der Waals surface area contributed by atoms with Crippen LogP contribution in [0.3, 0.4) is 0 Å². The highest BCUT2D eigenvalue weighted by Crippen LogP contribution is 2.35. The Morgan fingerprint density at radius 2 is 0.687 bits per heavy atom. The molecule has 0 radical (unpaired) electrons. The van der Waals surface area contributed by atoms with Gasteiger partial charge in [-0.2, -0.15) is 44.9 Å². The molecule has 9 aromatic rings. The molecule has 150 heavy (non-hydrogen) atoms. The first-order valence-electron chi connectivity index (χ1n) is 51.7. The van der Waals surface area contributed by atoms with Crippen LogP contribution >= 0.6 is 0 Å². The van der Waals surface area contributed by atoms with Gasteiger partial charge in [0.2, 0.25) is 35.7 Å². The van der Waals surface area contributed by atoms with Crippen LogP contribution in [-0.2, 0) is 48.2 Å². The Morgan fingerprint density at radius 1 is 0.380 bits per heavy atom. The number of piperidine rings is 3. The fraction of sp³-hybridized carbons (Fsp3) is 0.505. The lowest BCUT2D eigenvalue weighted by molar-refractivity contribution is -0.145. The van der Waals surface area contributed by atoms with Crippen LogP contribution in [0.15, 0.2) is 127 Å². The van der Waals surface area contributed by atoms with Crippen LogP contribution in [0, 0.1) is 17.8 Å². The molecular formula is C107H141N21O22. The van der Waals surface area contributed by atoms with Crippen molar-refractivity contribution in [1.29, 1.82) is 0 Å². The minimum absolute atomic E-state index is 0.129. The standard InChI is InChI=1S/C38H51N7O8.C37H49N7O8.C32H41N7O6/c1-6-50-36-43-34-39-23-25-13-16-28(17-14-25)51-20-9-7-8-10-21-52-30-22-27(40-35(42-34)44-36)15-18-29(30)32(46)41-31(33(47)49-5)26-12-11-19-45(24-26)37(48)53-38(2,3)4;1-5-49-35-42-33-38-22-24-12-15-27(16-13-24)50-19-8-6-7-9-20-51-29-21-26(39-34(41-33)43-35)14-17-28(29)31(45)40-30(32(46)47)25-11-10-18-44(23-25)36(48)52-37(2,3)4;1-2-43-32-38-30-34-19-21-9-12-24(13-10-21)44-16-5-3-4-6-17-45-26-18-23(35-31(37-30)39-32)11-14-25(26)28(40)36-27(29(41)42)22-8-7-15-33-20-22/h13-18,22,26,31H,6-12,19-21,23-24H2,1-5H3,(H,41,46)(H2,39,40,42,43,44);12-17,21,25,30H,5-11,18-20,22-23H2,1-4H3,(H,40,45)(H,46,47)(H2,38,39,41,42,43);9-14,18,22,27,33H,2-8,15-17,19-20H2,1H3,(H,36,40)(H,41,42)(H2,34,35,37,38,39). The Hall–Kier alpha value is -15.3. The maximum atomic E-state index is 14.0. The van der Waals surface area contributed by atoms with Gasteiger partial charge in [-0.25, -0.2) is 24.0 Å². The van der Waals surface area contributed by atoms with Gasteiger partial charge in [0.25, 0.3) is 17.7 Å². The molecule has 3 fully saturated rings. The first kappa shape index (κ1) is 112. The second kappa shape index (κ2) is 56.2. The molecule has 9 aliphatic heterocycles. The number of rotatable bonds is 18. The number of nitrogens with zero attached hydrogens (tertiary/aromatic N) is 11. The number of amides is 5. The Bertz CT molecular complexity index is 5940.